The summed E-state index contributed by atoms with van der Waals surface area (Å²) in [5.74, 6) is 1.95. The van der Waals surface area contributed by atoms with Crippen molar-refractivity contribution in [2.45, 2.75) is 51.2 Å². The molecule has 0 bridgehead atoms. The van der Waals surface area contributed by atoms with Crippen LogP contribution in [-0.4, -0.2) is 59.9 Å². The van der Waals surface area contributed by atoms with Crippen LogP contribution in [0.1, 0.15) is 39.0 Å². The zero-order chi connectivity index (χ0) is 16.1. The summed E-state index contributed by atoms with van der Waals surface area (Å²) in [5, 5.41) is 9.35. The van der Waals surface area contributed by atoms with Crippen LogP contribution >= 0.6 is 0 Å². The first kappa shape index (κ1) is 16.5. The van der Waals surface area contributed by atoms with E-state index >= 15 is 0 Å². The fourth-order valence-electron chi connectivity index (χ4n) is 3.53. The number of hydrogen-bond donors (Lipinski definition) is 1. The van der Waals surface area contributed by atoms with Gasteiger partial charge in [-0.15, -0.1) is 0 Å². The fraction of sp³-hybridized carbons (Fsp3) is 0.722. The van der Waals surface area contributed by atoms with Gasteiger partial charge < -0.3 is 14.7 Å². The van der Waals surface area contributed by atoms with E-state index in [1.165, 1.54) is 12.8 Å². The summed E-state index contributed by atoms with van der Waals surface area (Å²) in [4.78, 5) is 9.33. The zero-order valence-corrected chi connectivity index (χ0v) is 14.2. The standard InChI is InChI=1S/C18H29N3O2/c1-15(22)6-5-10-20-13-8-16(14-20)23-17-7-4-9-19-18(17)21-11-2-3-12-21/h4,7,9,15-16,22H,2-3,5-6,8,10-14H2,1H3. The van der Waals surface area contributed by atoms with Gasteiger partial charge in [0.05, 0.1) is 6.10 Å². The predicted octanol–water partition coefficient (Wildman–Crippen LogP) is 2.30. The van der Waals surface area contributed by atoms with E-state index in [0.717, 1.165) is 63.6 Å². The van der Waals surface area contributed by atoms with Gasteiger partial charge in [-0.1, -0.05) is 0 Å². The van der Waals surface area contributed by atoms with Crippen molar-refractivity contribution in [1.29, 1.82) is 0 Å². The van der Waals surface area contributed by atoms with Crippen molar-refractivity contribution in [1.82, 2.24) is 9.88 Å². The van der Waals surface area contributed by atoms with E-state index in [-0.39, 0.29) is 12.2 Å². The monoisotopic (exact) mass is 319 g/mol. The van der Waals surface area contributed by atoms with E-state index in [0.29, 0.717) is 0 Å². The molecule has 0 amide bonds. The van der Waals surface area contributed by atoms with E-state index in [2.05, 4.69) is 20.9 Å². The number of likely N-dealkylation sites (tertiary alicyclic amines) is 1. The van der Waals surface area contributed by atoms with Crippen molar-refractivity contribution in [3.05, 3.63) is 18.3 Å². The lowest BCUT2D eigenvalue weighted by Gasteiger charge is -2.22. The molecule has 2 saturated heterocycles. The lowest BCUT2D eigenvalue weighted by atomic mass is 10.2. The third-order valence-corrected chi connectivity index (χ3v) is 4.78. The first-order valence-electron chi connectivity index (χ1n) is 8.99. The average molecular weight is 319 g/mol. The molecule has 3 heterocycles. The quantitative estimate of drug-likeness (QED) is 0.836. The molecule has 0 radical (unpaired) electrons. The van der Waals surface area contributed by atoms with Crippen LogP contribution in [0.3, 0.4) is 0 Å². The first-order chi connectivity index (χ1) is 11.2. The van der Waals surface area contributed by atoms with Gasteiger partial charge in [0.15, 0.2) is 11.6 Å². The van der Waals surface area contributed by atoms with Crippen LogP contribution in [0.25, 0.3) is 0 Å². The van der Waals surface area contributed by atoms with Crippen LogP contribution in [0, 0.1) is 0 Å². The zero-order valence-electron chi connectivity index (χ0n) is 14.2. The molecule has 0 saturated carbocycles. The molecular formula is C18H29N3O2. The molecule has 2 aliphatic rings. The number of nitrogens with zero attached hydrogens (tertiary/aromatic N) is 3. The highest BCUT2D eigenvalue weighted by atomic mass is 16.5. The number of aromatic nitrogens is 1. The number of rotatable bonds is 7. The molecule has 5 heteroatoms. The minimum absolute atomic E-state index is 0.192. The first-order valence-corrected chi connectivity index (χ1v) is 8.99. The van der Waals surface area contributed by atoms with Gasteiger partial charge in [0.2, 0.25) is 0 Å². The van der Waals surface area contributed by atoms with Crippen molar-refractivity contribution in [3.8, 4) is 5.75 Å². The Hall–Kier alpha value is -1.33. The minimum Gasteiger partial charge on any atom is -0.485 e. The van der Waals surface area contributed by atoms with Gasteiger partial charge in [-0.05, 0) is 57.7 Å². The van der Waals surface area contributed by atoms with E-state index < -0.39 is 0 Å². The summed E-state index contributed by atoms with van der Waals surface area (Å²) in [6.45, 7) is 7.15. The molecule has 1 aromatic rings. The molecule has 2 fully saturated rings. The SMILES string of the molecule is CC(O)CCCN1CCC(Oc2cccnc2N2CCCC2)C1. The minimum atomic E-state index is -0.192. The summed E-state index contributed by atoms with van der Waals surface area (Å²) in [7, 11) is 0. The lowest BCUT2D eigenvalue weighted by Crippen LogP contribution is -2.27. The summed E-state index contributed by atoms with van der Waals surface area (Å²) in [6.07, 6.45) is 7.42. The van der Waals surface area contributed by atoms with Crippen LogP contribution in [0.15, 0.2) is 18.3 Å². The van der Waals surface area contributed by atoms with Crippen LogP contribution < -0.4 is 9.64 Å². The number of hydrogen-bond acceptors (Lipinski definition) is 5. The molecule has 0 spiro atoms. The largest absolute Gasteiger partial charge is 0.485 e. The summed E-state index contributed by atoms with van der Waals surface area (Å²) in [5.41, 5.74) is 0. The smallest absolute Gasteiger partial charge is 0.171 e. The van der Waals surface area contributed by atoms with Crippen LogP contribution in [0.2, 0.25) is 0 Å². The number of pyridine rings is 1. The molecule has 2 atom stereocenters. The number of anilines is 1. The Morgan fingerprint density at radius 3 is 2.96 bits per heavy atom. The fourth-order valence-corrected chi connectivity index (χ4v) is 3.53. The number of ether oxygens (including phenoxy) is 1. The van der Waals surface area contributed by atoms with Gasteiger partial charge in [-0.2, -0.15) is 0 Å². The number of aliphatic hydroxyl groups is 1. The normalized spacial score (nSPS) is 23.4. The highest BCUT2D eigenvalue weighted by Gasteiger charge is 2.26. The Morgan fingerprint density at radius 2 is 2.17 bits per heavy atom. The van der Waals surface area contributed by atoms with Crippen LogP contribution in [0.4, 0.5) is 5.82 Å². The Bertz CT molecular complexity index is 489. The number of aliphatic hydroxyl groups excluding tert-OH is 1. The van der Waals surface area contributed by atoms with Gasteiger partial charge in [0.1, 0.15) is 6.10 Å². The second kappa shape index (κ2) is 7.97. The van der Waals surface area contributed by atoms with Crippen molar-refractivity contribution < 1.29 is 9.84 Å². The summed E-state index contributed by atoms with van der Waals surface area (Å²) >= 11 is 0. The molecule has 0 aromatic carbocycles. The second-order valence-corrected chi connectivity index (χ2v) is 6.84. The van der Waals surface area contributed by atoms with E-state index in [1.54, 1.807) is 0 Å². The third-order valence-electron chi connectivity index (χ3n) is 4.78. The maximum absolute atomic E-state index is 9.35. The van der Waals surface area contributed by atoms with Gasteiger partial charge in [-0.3, -0.25) is 4.90 Å². The Kier molecular flexibility index (Phi) is 5.73. The van der Waals surface area contributed by atoms with Crippen molar-refractivity contribution in [2.75, 3.05) is 37.6 Å². The summed E-state index contributed by atoms with van der Waals surface area (Å²) < 4.78 is 6.28. The lowest BCUT2D eigenvalue weighted by molar-refractivity contribution is 0.169. The molecule has 2 unspecified atom stereocenters. The Morgan fingerprint density at radius 1 is 1.35 bits per heavy atom. The molecule has 23 heavy (non-hydrogen) atoms. The molecule has 128 valence electrons. The molecular weight excluding hydrogens is 290 g/mol. The Balaban J connectivity index is 1.52. The second-order valence-electron chi connectivity index (χ2n) is 6.84. The topological polar surface area (TPSA) is 48.8 Å². The van der Waals surface area contributed by atoms with Crippen LogP contribution in [0.5, 0.6) is 5.75 Å². The highest BCUT2D eigenvalue weighted by Crippen LogP contribution is 2.30. The van der Waals surface area contributed by atoms with Gasteiger partial charge in [0, 0.05) is 32.4 Å². The molecule has 1 aromatic heterocycles. The highest BCUT2D eigenvalue weighted by molar-refractivity contribution is 5.52. The molecule has 3 rings (SSSR count). The third kappa shape index (κ3) is 4.58. The van der Waals surface area contributed by atoms with Gasteiger partial charge in [-0.25, -0.2) is 4.98 Å². The van der Waals surface area contributed by atoms with E-state index in [9.17, 15) is 5.11 Å². The van der Waals surface area contributed by atoms with Crippen molar-refractivity contribution in [2.24, 2.45) is 0 Å². The van der Waals surface area contributed by atoms with Gasteiger partial charge >= 0.3 is 0 Å². The van der Waals surface area contributed by atoms with Crippen molar-refractivity contribution >= 4 is 5.82 Å². The molecule has 0 aliphatic carbocycles. The average Bonchev–Trinajstić information content (AvgIpc) is 3.19. The Labute approximate surface area is 139 Å². The van der Waals surface area contributed by atoms with E-state index in [4.69, 9.17) is 4.74 Å². The molecule has 5 nitrogen and oxygen atoms in total. The van der Waals surface area contributed by atoms with Crippen molar-refractivity contribution in [3.63, 3.8) is 0 Å². The molecule has 2 aliphatic heterocycles. The molecule has 1 N–H and O–H groups in total. The summed E-state index contributed by atoms with van der Waals surface area (Å²) in [6, 6.07) is 4.01. The van der Waals surface area contributed by atoms with Gasteiger partial charge in [0.25, 0.3) is 0 Å². The maximum Gasteiger partial charge on any atom is 0.171 e. The van der Waals surface area contributed by atoms with E-state index in [1.807, 2.05) is 19.2 Å². The predicted molar refractivity (Wildman–Crippen MR) is 92.1 cm³/mol. The van der Waals surface area contributed by atoms with Crippen LogP contribution in [-0.2, 0) is 0 Å². The maximum atomic E-state index is 9.35.